The number of rotatable bonds is 6. The first kappa shape index (κ1) is 20.6. The summed E-state index contributed by atoms with van der Waals surface area (Å²) in [6.07, 6.45) is 0. The molecule has 0 amide bonds. The molecule has 21 heavy (non-hydrogen) atoms. The molecule has 7 nitrogen and oxygen atoms in total. The fourth-order valence-corrected chi connectivity index (χ4v) is 4.67. The molecule has 0 bridgehead atoms. The Labute approximate surface area is 129 Å². The molecule has 0 aliphatic carbocycles. The van der Waals surface area contributed by atoms with Crippen molar-refractivity contribution in [1.82, 2.24) is 0 Å². The van der Waals surface area contributed by atoms with Crippen LogP contribution in [0.1, 0.15) is 27.7 Å². The average molecular weight is 359 g/mol. The Morgan fingerprint density at radius 2 is 1.38 bits per heavy atom. The first-order valence-corrected chi connectivity index (χ1v) is 11.9. The summed E-state index contributed by atoms with van der Waals surface area (Å²) in [5.74, 6) is 5.06. The van der Waals surface area contributed by atoms with E-state index in [0.29, 0.717) is 0 Å². The van der Waals surface area contributed by atoms with Gasteiger partial charge in [-0.3, -0.25) is 8.06 Å². The lowest BCUT2D eigenvalue weighted by molar-refractivity contribution is 0.154. The lowest BCUT2D eigenvalue weighted by atomic mass is 10.1. The third kappa shape index (κ3) is 10.9. The van der Waals surface area contributed by atoms with E-state index in [9.17, 15) is 16.8 Å². The molecule has 0 unspecified atom stereocenters. The highest BCUT2D eigenvalue weighted by Gasteiger charge is 2.31. The smallest absolute Gasteiger partial charge is 0.294 e. The predicted molar refractivity (Wildman–Crippen MR) is 81.8 cm³/mol. The summed E-state index contributed by atoms with van der Waals surface area (Å²) in [7, 11) is -9.59. The molecule has 10 heteroatoms. The highest BCUT2D eigenvalue weighted by molar-refractivity contribution is 7.83. The van der Waals surface area contributed by atoms with Gasteiger partial charge in [0.2, 0.25) is 8.32 Å². The fourth-order valence-electron chi connectivity index (χ4n) is 1.11. The van der Waals surface area contributed by atoms with Crippen molar-refractivity contribution >= 4 is 29.7 Å². The first-order chi connectivity index (χ1) is 9.04. The van der Waals surface area contributed by atoms with E-state index in [2.05, 4.69) is 16.0 Å². The lowest BCUT2D eigenvalue weighted by Crippen LogP contribution is -2.35. The van der Waals surface area contributed by atoms with E-state index in [1.165, 1.54) is 27.7 Å². The Bertz CT molecular complexity index is 593. The standard InChI is InChI=1S/C11H22O7S2Si/c1-10(2,16-19(12)13)8-9-11(3,4)17-20(14,15)18-21(5,6)7/h19H,1-7H3. The number of hydrogen-bond donors (Lipinski definition) is 1. The lowest BCUT2D eigenvalue weighted by Gasteiger charge is -2.22. The molecule has 0 aromatic rings. The summed E-state index contributed by atoms with van der Waals surface area (Å²) in [6, 6.07) is 0. The van der Waals surface area contributed by atoms with E-state index in [4.69, 9.17) is 8.06 Å². The van der Waals surface area contributed by atoms with Gasteiger partial charge in [-0.15, -0.1) is 0 Å². The molecule has 0 N–H and O–H groups in total. The molecule has 0 aromatic heterocycles. The van der Waals surface area contributed by atoms with Gasteiger partial charge in [0.05, 0.1) is 0 Å². The van der Waals surface area contributed by atoms with Gasteiger partial charge in [-0.2, -0.15) is 8.42 Å². The SMILES string of the molecule is CC(C)(C#CC(C)(C)OS(=O)(=O)O[Si](C)(C)C)O[SH](=O)=O. The summed E-state index contributed by atoms with van der Waals surface area (Å²) in [5, 5.41) is 0. The van der Waals surface area contributed by atoms with Gasteiger partial charge >= 0.3 is 10.4 Å². The van der Waals surface area contributed by atoms with Gasteiger partial charge in [0.1, 0.15) is 11.2 Å². The van der Waals surface area contributed by atoms with Crippen molar-refractivity contribution in [1.29, 1.82) is 0 Å². The minimum atomic E-state index is -4.19. The van der Waals surface area contributed by atoms with E-state index in [1.54, 1.807) is 19.6 Å². The molecule has 0 aliphatic rings. The topological polar surface area (TPSA) is 96.0 Å². The van der Waals surface area contributed by atoms with Crippen molar-refractivity contribution in [2.24, 2.45) is 0 Å². The molecule has 0 aliphatic heterocycles. The third-order valence-electron chi connectivity index (χ3n) is 1.63. The quantitative estimate of drug-likeness (QED) is 0.433. The molecule has 0 spiro atoms. The Morgan fingerprint density at radius 3 is 1.76 bits per heavy atom. The van der Waals surface area contributed by atoms with Crippen molar-refractivity contribution in [3.05, 3.63) is 0 Å². The molecule has 0 radical (unpaired) electrons. The van der Waals surface area contributed by atoms with Crippen LogP contribution in [0, 0.1) is 11.8 Å². The van der Waals surface area contributed by atoms with Gasteiger partial charge in [0.25, 0.3) is 11.0 Å². The summed E-state index contributed by atoms with van der Waals surface area (Å²) < 4.78 is 59.0. The summed E-state index contributed by atoms with van der Waals surface area (Å²) in [6.45, 7) is 10.8. The van der Waals surface area contributed by atoms with Crippen molar-refractivity contribution < 1.29 is 29.1 Å². The number of thiol groups is 1. The molecule has 124 valence electrons. The third-order valence-corrected chi connectivity index (χ3v) is 5.67. The molecule has 0 fully saturated rings. The summed E-state index contributed by atoms with van der Waals surface area (Å²) in [4.78, 5) is 0. The largest absolute Gasteiger partial charge is 0.391 e. The van der Waals surface area contributed by atoms with Crippen molar-refractivity contribution in [3.8, 4) is 11.8 Å². The minimum Gasteiger partial charge on any atom is -0.294 e. The molecular weight excluding hydrogens is 336 g/mol. The maximum absolute atomic E-state index is 11.8. The maximum Gasteiger partial charge on any atom is 0.391 e. The van der Waals surface area contributed by atoms with Crippen LogP contribution >= 0.6 is 0 Å². The second kappa shape index (κ2) is 6.76. The van der Waals surface area contributed by atoms with Crippen molar-refractivity contribution in [2.75, 3.05) is 0 Å². The number of hydrogen-bond acceptors (Lipinski definition) is 7. The Balaban J connectivity index is 5.11. The Hall–Kier alpha value is -0.443. The molecular formula is C11H22O7S2Si. The summed E-state index contributed by atoms with van der Waals surface area (Å²) in [5.41, 5.74) is -2.66. The van der Waals surface area contributed by atoms with Gasteiger partial charge < -0.3 is 0 Å². The Kier molecular flexibility index (Phi) is 6.62. The molecule has 0 rings (SSSR count). The van der Waals surface area contributed by atoms with E-state index < -0.39 is 40.9 Å². The monoisotopic (exact) mass is 358 g/mol. The minimum absolute atomic E-state index is 1.28. The molecule has 0 heterocycles. The second-order valence-corrected chi connectivity index (χ2v) is 12.8. The molecule has 0 saturated carbocycles. The zero-order valence-electron chi connectivity index (χ0n) is 13.2. The van der Waals surface area contributed by atoms with Gasteiger partial charge in [0, 0.05) is 0 Å². The zero-order valence-corrected chi connectivity index (χ0v) is 15.9. The summed E-state index contributed by atoms with van der Waals surface area (Å²) >= 11 is 0. The van der Waals surface area contributed by atoms with Gasteiger partial charge in [-0.1, -0.05) is 11.8 Å². The van der Waals surface area contributed by atoms with Crippen LogP contribution in [0.2, 0.25) is 19.6 Å². The molecule has 0 aromatic carbocycles. The maximum atomic E-state index is 11.8. The van der Waals surface area contributed by atoms with Crippen LogP contribution < -0.4 is 0 Å². The predicted octanol–water partition coefficient (Wildman–Crippen LogP) is 1.20. The Morgan fingerprint density at radius 1 is 0.952 bits per heavy atom. The van der Waals surface area contributed by atoms with E-state index >= 15 is 0 Å². The molecule has 0 atom stereocenters. The molecule has 0 saturated heterocycles. The van der Waals surface area contributed by atoms with Crippen molar-refractivity contribution in [2.45, 2.75) is 58.5 Å². The average Bonchev–Trinajstić information content (AvgIpc) is 2.06. The van der Waals surface area contributed by atoms with E-state index in [1.807, 2.05) is 0 Å². The fraction of sp³-hybridized carbons (Fsp3) is 0.818. The van der Waals surface area contributed by atoms with Crippen LogP contribution in [0.3, 0.4) is 0 Å². The van der Waals surface area contributed by atoms with Crippen molar-refractivity contribution in [3.63, 3.8) is 0 Å². The second-order valence-electron chi connectivity index (χ2n) is 6.27. The van der Waals surface area contributed by atoms with Gasteiger partial charge in [-0.25, -0.2) is 12.6 Å². The van der Waals surface area contributed by atoms with E-state index in [-0.39, 0.29) is 0 Å². The van der Waals surface area contributed by atoms with Gasteiger partial charge in [-0.05, 0) is 47.3 Å². The van der Waals surface area contributed by atoms with Crippen LogP contribution in [0.5, 0.6) is 0 Å². The van der Waals surface area contributed by atoms with E-state index in [0.717, 1.165) is 0 Å². The highest BCUT2D eigenvalue weighted by atomic mass is 32.3. The normalized spacial score (nSPS) is 13.9. The van der Waals surface area contributed by atoms with Gasteiger partial charge in [0.15, 0.2) is 0 Å². The van der Waals surface area contributed by atoms with Crippen LogP contribution in [-0.2, 0) is 33.6 Å². The van der Waals surface area contributed by atoms with Crippen LogP contribution in [0.25, 0.3) is 0 Å². The van der Waals surface area contributed by atoms with Crippen LogP contribution in [0.15, 0.2) is 0 Å². The van der Waals surface area contributed by atoms with Crippen LogP contribution in [0.4, 0.5) is 0 Å². The van der Waals surface area contributed by atoms with Crippen LogP contribution in [-0.4, -0.2) is 36.4 Å². The highest BCUT2D eigenvalue weighted by Crippen LogP contribution is 2.18. The zero-order chi connectivity index (χ0) is 17.1. The first-order valence-electron chi connectivity index (χ1n) is 6.08.